The largest absolute Gasteiger partial charge is 0.456 e. The average Bonchev–Trinajstić information content (AvgIpc) is 1.52. The van der Waals surface area contributed by atoms with Gasteiger partial charge in [0.1, 0.15) is 11.2 Å². The van der Waals surface area contributed by atoms with Gasteiger partial charge in [0.25, 0.3) is 0 Å². The molecule has 35 aromatic rings. The molecule has 0 fully saturated rings. The van der Waals surface area contributed by atoms with Crippen LogP contribution in [-0.2, 0) is 5.41 Å². The number of fused-ring (bicyclic) bond motifs is 30. The highest BCUT2D eigenvalue weighted by Crippen LogP contribution is 2.59. The number of para-hydroxylation sites is 10. The molecule has 1 aliphatic carbocycles. The van der Waals surface area contributed by atoms with E-state index < -0.39 is 0 Å². The Morgan fingerprint density at radius 2 is 0.577 bits per heavy atom. The maximum absolute atomic E-state index is 6.72. The van der Waals surface area contributed by atoms with Crippen LogP contribution in [0.25, 0.3) is 317 Å². The van der Waals surface area contributed by atoms with Gasteiger partial charge >= 0.3 is 0 Å². The van der Waals surface area contributed by atoms with E-state index in [2.05, 4.69) is 459 Å². The van der Waals surface area contributed by atoms with E-state index >= 15 is 0 Å². The van der Waals surface area contributed by atoms with Crippen molar-refractivity contribution in [3.8, 4) is 62.7 Å². The summed E-state index contributed by atoms with van der Waals surface area (Å²) in [5, 5.41) is 30.3. The first-order valence-corrected chi connectivity index (χ1v) is 51.7. The lowest BCUT2D eigenvalue weighted by molar-refractivity contribution is 0.661. The summed E-state index contributed by atoms with van der Waals surface area (Å²) in [6.07, 6.45) is 0. The third kappa shape index (κ3) is 10.8. The molecule has 1 aliphatic rings. The molecule has 690 valence electrons. The molecular formula is C135H78N12OS. The van der Waals surface area contributed by atoms with Crippen molar-refractivity contribution in [2.45, 2.75) is 19.3 Å². The normalized spacial score (nSPS) is 13.0. The van der Waals surface area contributed by atoms with Crippen LogP contribution in [0.1, 0.15) is 25.0 Å². The van der Waals surface area contributed by atoms with Crippen LogP contribution in [0.5, 0.6) is 0 Å². The maximum atomic E-state index is 6.72. The van der Waals surface area contributed by atoms with E-state index in [1.807, 2.05) is 29.5 Å². The zero-order valence-electron chi connectivity index (χ0n) is 80.3. The van der Waals surface area contributed by atoms with Crippen molar-refractivity contribution in [2.24, 2.45) is 0 Å². The maximum Gasteiger partial charge on any atom is 0.235 e. The number of hydrogen-bond donors (Lipinski definition) is 0. The third-order valence-electron chi connectivity index (χ3n) is 32.5. The van der Waals surface area contributed by atoms with Crippen molar-refractivity contribution in [1.82, 2.24) is 56.8 Å². The first-order valence-electron chi connectivity index (χ1n) is 50.9. The van der Waals surface area contributed by atoms with Gasteiger partial charge in [-0.2, -0.15) is 0 Å². The monoisotopic (exact) mass is 1910 g/mol. The van der Waals surface area contributed by atoms with E-state index in [9.17, 15) is 0 Å². The molecule has 0 radical (unpaired) electrons. The summed E-state index contributed by atoms with van der Waals surface area (Å²) in [7, 11) is 0. The molecule has 0 saturated heterocycles. The number of benzene rings is 21. The SMILES string of the molecule is CC1(C)c2ccccc2-c2c1cc1c3c2c2cccc4c5ccccc5n(c5cccc(c35)n1-c1nc(-c3ccccc3)c3ccccc3n1)c42.c1ccc(-c2nc(-n3c4cc5sc6ccccc6c5c5c6cccc7c8ccccc8n(c8cccc3c8c54)c76)nc3ccccc23)cc1.c1ccc(-c2nc(-n3c4cccc5c6cccc7c8ccccc8n(c67)c6c7c(cc3c6c54)oc3ccccc37)nc3ccccc23)cc1. The van der Waals surface area contributed by atoms with Crippen molar-refractivity contribution in [2.75, 3.05) is 0 Å². The Bertz CT molecular complexity index is 11900. The van der Waals surface area contributed by atoms with Gasteiger partial charge in [-0.25, -0.2) is 29.9 Å². The number of furan rings is 1. The lowest BCUT2D eigenvalue weighted by atomic mass is 9.82. The zero-order chi connectivity index (χ0) is 97.2. The van der Waals surface area contributed by atoms with Gasteiger partial charge in [-0.1, -0.05) is 354 Å². The van der Waals surface area contributed by atoms with Crippen molar-refractivity contribution < 1.29 is 4.42 Å². The minimum atomic E-state index is -0.201. The number of nitrogens with zero attached hydrogens (tertiary/aromatic N) is 12. The molecule has 13 nitrogen and oxygen atoms in total. The van der Waals surface area contributed by atoms with Gasteiger partial charge in [0.2, 0.25) is 17.8 Å². The minimum Gasteiger partial charge on any atom is -0.456 e. The molecule has 21 aromatic carbocycles. The number of thiophene rings is 1. The fraction of sp³-hybridized carbons (Fsp3) is 0.0222. The van der Waals surface area contributed by atoms with E-state index in [1.165, 1.54) is 184 Å². The quantitative estimate of drug-likeness (QED) is 0.163. The highest BCUT2D eigenvalue weighted by Gasteiger charge is 2.40. The van der Waals surface area contributed by atoms with Crippen LogP contribution in [0, 0.1) is 0 Å². The van der Waals surface area contributed by atoms with Crippen LogP contribution >= 0.6 is 11.3 Å². The number of aromatic nitrogens is 12. The van der Waals surface area contributed by atoms with E-state index in [0.717, 1.165) is 127 Å². The number of rotatable bonds is 6. The van der Waals surface area contributed by atoms with Crippen molar-refractivity contribution >= 4 is 266 Å². The Labute approximate surface area is 850 Å². The average molecular weight is 1920 g/mol. The summed E-state index contributed by atoms with van der Waals surface area (Å²) in [6.45, 7) is 4.76. The molecule has 0 N–H and O–H groups in total. The number of hydrogen-bond acceptors (Lipinski definition) is 8. The Morgan fingerprint density at radius 1 is 0.208 bits per heavy atom. The van der Waals surface area contributed by atoms with Gasteiger partial charge in [0.15, 0.2) is 0 Å². The summed E-state index contributed by atoms with van der Waals surface area (Å²) in [5.41, 5.74) is 33.0. The van der Waals surface area contributed by atoms with Gasteiger partial charge < -0.3 is 17.6 Å². The molecule has 36 rings (SSSR count). The lowest BCUT2D eigenvalue weighted by Crippen LogP contribution is -2.15. The van der Waals surface area contributed by atoms with E-state index in [0.29, 0.717) is 17.8 Å². The fourth-order valence-electron chi connectivity index (χ4n) is 26.5. The van der Waals surface area contributed by atoms with Crippen LogP contribution < -0.4 is 0 Å². The standard InChI is InChI=1S/C47H30N4.C44H24N4O.C44H24N4S/c1-47(2)33-21-9-6-17-30(33)40-34(47)26-39-43-41(40)32-20-12-19-29-28-16-8-11-23-36(28)50(45(29)32)37-24-13-25-38(42(37)43)51(39)46-48-35-22-10-7-18-31(35)44(49-46)27-14-4-3-5-15-27;1-2-12-25(13-3-1)41-30-15-4-7-20-32(30)45-44(46-41)47-34-22-11-17-27-29-19-10-18-28-26-14-5-8-21-33(26)48(42(28)29)43-39-31-16-6-9-23-36(31)49-37(39)24-35(47)40(43)38(27)34;1-2-12-25(13-3-1)42-28-15-4-7-19-31(28)45-44(46-42)48-34-22-11-21-33-40(34)41-35(48)24-37-38(29-16-6-9-23-36(29)49-37)39(41)30-18-10-17-27-26-14-5-8-20-32(26)47(33)43(27)30/h3-26H,1-2H3;2*1-24H. The minimum absolute atomic E-state index is 0.201. The Kier molecular flexibility index (Phi) is 16.2. The van der Waals surface area contributed by atoms with E-state index in [4.69, 9.17) is 34.3 Å². The molecule has 0 bridgehead atoms. The Hall–Kier alpha value is -19.5. The summed E-state index contributed by atoms with van der Waals surface area (Å²) in [5.74, 6) is 1.99. The second kappa shape index (κ2) is 29.8. The van der Waals surface area contributed by atoms with Crippen LogP contribution in [-0.4, -0.2) is 56.8 Å². The second-order valence-corrected chi connectivity index (χ2v) is 41.5. The lowest BCUT2D eigenvalue weighted by Gasteiger charge is -2.22. The second-order valence-electron chi connectivity index (χ2n) is 40.4. The van der Waals surface area contributed by atoms with Gasteiger partial charge in [-0.05, 0) is 119 Å². The van der Waals surface area contributed by atoms with Gasteiger partial charge in [0, 0.05) is 161 Å². The molecule has 0 aliphatic heterocycles. The molecular weight excluding hydrogens is 1840 g/mol. The first kappa shape index (κ1) is 80.9. The van der Waals surface area contributed by atoms with Crippen LogP contribution in [0.3, 0.4) is 0 Å². The summed E-state index contributed by atoms with van der Waals surface area (Å²) < 4.78 is 23.7. The molecule has 0 saturated carbocycles. The topological polar surface area (TPSA) is 118 Å². The molecule has 14 heterocycles. The van der Waals surface area contributed by atoms with Crippen molar-refractivity contribution in [1.29, 1.82) is 0 Å². The van der Waals surface area contributed by atoms with Gasteiger partial charge in [-0.15, -0.1) is 11.3 Å². The van der Waals surface area contributed by atoms with Gasteiger partial charge in [0.05, 0.1) is 122 Å². The molecule has 0 atom stereocenters. The van der Waals surface area contributed by atoms with Crippen LogP contribution in [0.4, 0.5) is 0 Å². The molecule has 149 heavy (non-hydrogen) atoms. The third-order valence-corrected chi connectivity index (χ3v) is 33.6. The Balaban J connectivity index is 0.0000000953. The molecule has 0 spiro atoms. The summed E-state index contributed by atoms with van der Waals surface area (Å²) >= 11 is 1.86. The smallest absolute Gasteiger partial charge is 0.235 e. The summed E-state index contributed by atoms with van der Waals surface area (Å²) in [6, 6.07) is 157. The molecule has 0 amide bonds. The van der Waals surface area contributed by atoms with Crippen molar-refractivity contribution in [3.05, 3.63) is 448 Å². The molecule has 14 heteroatoms. The molecule has 14 aromatic heterocycles. The van der Waals surface area contributed by atoms with Crippen LogP contribution in [0.2, 0.25) is 0 Å². The predicted octanol–water partition coefficient (Wildman–Crippen LogP) is 35.2. The molecule has 0 unspecified atom stereocenters. The predicted molar refractivity (Wildman–Crippen MR) is 620 cm³/mol. The summed E-state index contributed by atoms with van der Waals surface area (Å²) in [4.78, 5) is 32.2. The highest BCUT2D eigenvalue weighted by atomic mass is 32.1. The fourth-order valence-corrected chi connectivity index (χ4v) is 27.7. The van der Waals surface area contributed by atoms with E-state index in [-0.39, 0.29) is 5.41 Å². The first-order chi connectivity index (χ1) is 73.8. The van der Waals surface area contributed by atoms with Crippen molar-refractivity contribution in [3.63, 3.8) is 0 Å². The van der Waals surface area contributed by atoms with Crippen LogP contribution in [0.15, 0.2) is 441 Å². The highest BCUT2D eigenvalue weighted by molar-refractivity contribution is 7.26. The Morgan fingerprint density at radius 3 is 1.11 bits per heavy atom. The zero-order valence-corrected chi connectivity index (χ0v) is 81.1. The van der Waals surface area contributed by atoms with Gasteiger partial charge in [-0.3, -0.25) is 13.7 Å². The van der Waals surface area contributed by atoms with E-state index in [1.54, 1.807) is 0 Å².